The third-order valence-electron chi connectivity index (χ3n) is 2.90. The van der Waals surface area contributed by atoms with Crippen LogP contribution in [0.4, 0.5) is 10.1 Å². The number of halogens is 3. The van der Waals surface area contributed by atoms with Gasteiger partial charge in [-0.15, -0.1) is 0 Å². The van der Waals surface area contributed by atoms with E-state index < -0.39 is 0 Å². The quantitative estimate of drug-likeness (QED) is 0.806. The third-order valence-corrected chi connectivity index (χ3v) is 3.52. The van der Waals surface area contributed by atoms with E-state index in [2.05, 4.69) is 10.3 Å². The molecule has 1 N–H and O–H groups in total. The normalized spacial score (nSPS) is 12.3. The molecule has 1 atom stereocenters. The van der Waals surface area contributed by atoms with Crippen molar-refractivity contribution in [3.8, 4) is 0 Å². The van der Waals surface area contributed by atoms with Crippen molar-refractivity contribution in [2.45, 2.75) is 19.9 Å². The number of hydrogen-bond donors (Lipinski definition) is 1. The van der Waals surface area contributed by atoms with Crippen LogP contribution in [0.1, 0.15) is 24.1 Å². The minimum atomic E-state index is -0.350. The van der Waals surface area contributed by atoms with Crippen molar-refractivity contribution in [2.24, 2.45) is 0 Å². The predicted molar refractivity (Wildman–Crippen MR) is 77.4 cm³/mol. The van der Waals surface area contributed by atoms with Crippen LogP contribution in [0.5, 0.6) is 0 Å². The second kappa shape index (κ2) is 5.76. The van der Waals surface area contributed by atoms with Crippen molar-refractivity contribution in [3.05, 3.63) is 57.6 Å². The van der Waals surface area contributed by atoms with E-state index in [1.807, 2.05) is 19.9 Å². The van der Waals surface area contributed by atoms with Gasteiger partial charge >= 0.3 is 0 Å². The Labute approximate surface area is 121 Å². The number of hydrogen-bond acceptors (Lipinski definition) is 2. The molecule has 0 radical (unpaired) electrons. The van der Waals surface area contributed by atoms with E-state index in [0.29, 0.717) is 10.2 Å². The molecule has 0 aliphatic carbocycles. The monoisotopic (exact) mass is 298 g/mol. The molecule has 5 heteroatoms. The molecule has 0 fully saturated rings. The molecule has 0 amide bonds. The summed E-state index contributed by atoms with van der Waals surface area (Å²) in [6.07, 6.45) is 1.65. The summed E-state index contributed by atoms with van der Waals surface area (Å²) in [6.45, 7) is 3.87. The number of aromatic nitrogens is 1. The van der Waals surface area contributed by atoms with Crippen LogP contribution in [0.3, 0.4) is 0 Å². The summed E-state index contributed by atoms with van der Waals surface area (Å²) in [7, 11) is 0. The average Bonchev–Trinajstić information content (AvgIpc) is 2.33. The molecule has 1 heterocycles. The van der Waals surface area contributed by atoms with E-state index >= 15 is 0 Å². The van der Waals surface area contributed by atoms with Gasteiger partial charge in [0.1, 0.15) is 5.82 Å². The molecule has 2 rings (SSSR count). The molecule has 0 aliphatic heterocycles. The van der Waals surface area contributed by atoms with Crippen LogP contribution < -0.4 is 5.32 Å². The topological polar surface area (TPSA) is 24.9 Å². The maximum atomic E-state index is 13.0. The van der Waals surface area contributed by atoms with Crippen LogP contribution in [-0.2, 0) is 0 Å². The molecule has 0 bridgehead atoms. The minimum Gasteiger partial charge on any atom is -0.376 e. The van der Waals surface area contributed by atoms with Crippen LogP contribution in [0, 0.1) is 12.7 Å². The van der Waals surface area contributed by atoms with Crippen molar-refractivity contribution >= 4 is 28.9 Å². The van der Waals surface area contributed by atoms with Gasteiger partial charge in [-0.3, -0.25) is 0 Å². The fourth-order valence-corrected chi connectivity index (χ4v) is 2.44. The number of pyridine rings is 1. The molecule has 100 valence electrons. The van der Waals surface area contributed by atoms with Gasteiger partial charge in [-0.1, -0.05) is 29.3 Å². The highest BCUT2D eigenvalue weighted by atomic mass is 35.5. The zero-order chi connectivity index (χ0) is 14.0. The Kier molecular flexibility index (Phi) is 4.27. The first kappa shape index (κ1) is 14.1. The lowest BCUT2D eigenvalue weighted by Gasteiger charge is -2.19. The van der Waals surface area contributed by atoms with E-state index in [9.17, 15) is 4.39 Å². The van der Waals surface area contributed by atoms with E-state index in [4.69, 9.17) is 23.2 Å². The van der Waals surface area contributed by atoms with Crippen molar-refractivity contribution in [1.82, 2.24) is 4.98 Å². The Hall–Kier alpha value is -1.32. The van der Waals surface area contributed by atoms with Gasteiger partial charge in [-0.05, 0) is 43.2 Å². The number of rotatable bonds is 3. The van der Waals surface area contributed by atoms with Gasteiger partial charge < -0.3 is 5.32 Å². The Bertz CT molecular complexity index is 582. The zero-order valence-corrected chi connectivity index (χ0v) is 12.1. The second-order valence-electron chi connectivity index (χ2n) is 4.33. The molecular weight excluding hydrogens is 286 g/mol. The van der Waals surface area contributed by atoms with E-state index in [0.717, 1.165) is 16.8 Å². The van der Waals surface area contributed by atoms with Crippen molar-refractivity contribution in [1.29, 1.82) is 0 Å². The van der Waals surface area contributed by atoms with Gasteiger partial charge in [0.15, 0.2) is 5.15 Å². The Morgan fingerprint density at radius 1 is 1.26 bits per heavy atom. The van der Waals surface area contributed by atoms with E-state index in [1.165, 1.54) is 12.1 Å². The Balaban J connectivity index is 2.28. The fourth-order valence-electron chi connectivity index (χ4n) is 1.85. The van der Waals surface area contributed by atoms with Crippen LogP contribution in [0.25, 0.3) is 0 Å². The summed E-state index contributed by atoms with van der Waals surface area (Å²) in [5, 5.41) is 4.05. The van der Waals surface area contributed by atoms with Gasteiger partial charge in [0, 0.05) is 11.2 Å². The number of nitrogens with one attached hydrogen (secondary N) is 1. The lowest BCUT2D eigenvalue weighted by atomic mass is 10.1. The van der Waals surface area contributed by atoms with Crippen LogP contribution >= 0.6 is 23.2 Å². The largest absolute Gasteiger partial charge is 0.376 e. The number of benzene rings is 1. The van der Waals surface area contributed by atoms with Gasteiger partial charge in [0.2, 0.25) is 0 Å². The summed E-state index contributed by atoms with van der Waals surface area (Å²) in [6, 6.07) is 6.11. The Morgan fingerprint density at radius 3 is 2.63 bits per heavy atom. The Morgan fingerprint density at radius 2 is 2.00 bits per heavy atom. The molecule has 0 saturated heterocycles. The zero-order valence-electron chi connectivity index (χ0n) is 10.5. The highest BCUT2D eigenvalue weighted by molar-refractivity contribution is 6.32. The average molecular weight is 299 g/mol. The number of aryl methyl sites for hydroxylation is 1. The summed E-state index contributed by atoms with van der Waals surface area (Å²) in [5.74, 6) is -0.350. The molecule has 1 unspecified atom stereocenters. The van der Waals surface area contributed by atoms with Crippen molar-refractivity contribution in [2.75, 3.05) is 5.32 Å². The number of nitrogens with zero attached hydrogens (tertiary/aromatic N) is 1. The predicted octanol–water partition coefficient (Wildman–Crippen LogP) is 5.01. The molecular formula is C14H13Cl2FN2. The molecule has 1 aromatic carbocycles. The maximum absolute atomic E-state index is 13.0. The molecule has 0 saturated carbocycles. The standard InChI is InChI=1S/C14H13Cl2FN2/c1-8-5-6-18-14(16)13(8)19-9(2)11-4-3-10(17)7-12(11)15/h3-7,9,19H,1-2H3. The highest BCUT2D eigenvalue weighted by Gasteiger charge is 2.13. The van der Waals surface area contributed by atoms with Gasteiger partial charge in [-0.25, -0.2) is 9.37 Å². The van der Waals surface area contributed by atoms with Crippen molar-refractivity contribution in [3.63, 3.8) is 0 Å². The highest BCUT2D eigenvalue weighted by Crippen LogP contribution is 2.30. The van der Waals surface area contributed by atoms with E-state index in [1.54, 1.807) is 12.3 Å². The molecule has 2 nitrogen and oxygen atoms in total. The smallest absolute Gasteiger partial charge is 0.152 e. The summed E-state index contributed by atoms with van der Waals surface area (Å²) < 4.78 is 13.0. The van der Waals surface area contributed by atoms with Crippen LogP contribution in [-0.4, -0.2) is 4.98 Å². The number of anilines is 1. The molecule has 2 aromatic rings. The van der Waals surface area contributed by atoms with Gasteiger partial charge in [0.25, 0.3) is 0 Å². The molecule has 19 heavy (non-hydrogen) atoms. The first-order chi connectivity index (χ1) is 8.99. The van der Waals surface area contributed by atoms with Gasteiger partial charge in [-0.2, -0.15) is 0 Å². The summed E-state index contributed by atoms with van der Waals surface area (Å²) in [5.41, 5.74) is 2.56. The lowest BCUT2D eigenvalue weighted by Crippen LogP contribution is -2.09. The first-order valence-corrected chi connectivity index (χ1v) is 6.57. The third kappa shape index (κ3) is 3.17. The lowest BCUT2D eigenvalue weighted by molar-refractivity contribution is 0.626. The summed E-state index contributed by atoms with van der Waals surface area (Å²) in [4.78, 5) is 4.03. The first-order valence-electron chi connectivity index (χ1n) is 5.81. The van der Waals surface area contributed by atoms with Gasteiger partial charge in [0.05, 0.1) is 11.7 Å². The molecule has 0 spiro atoms. The molecule has 1 aromatic heterocycles. The second-order valence-corrected chi connectivity index (χ2v) is 5.09. The summed E-state index contributed by atoms with van der Waals surface area (Å²) >= 11 is 12.1. The van der Waals surface area contributed by atoms with Crippen molar-refractivity contribution < 1.29 is 4.39 Å². The minimum absolute atomic E-state index is 0.103. The van der Waals surface area contributed by atoms with Crippen LogP contribution in [0.2, 0.25) is 10.2 Å². The van der Waals surface area contributed by atoms with Crippen LogP contribution in [0.15, 0.2) is 30.5 Å². The fraction of sp³-hybridized carbons (Fsp3) is 0.214. The van der Waals surface area contributed by atoms with E-state index in [-0.39, 0.29) is 11.9 Å². The molecule has 0 aliphatic rings. The maximum Gasteiger partial charge on any atom is 0.152 e. The SMILES string of the molecule is Cc1ccnc(Cl)c1NC(C)c1ccc(F)cc1Cl.